The summed E-state index contributed by atoms with van der Waals surface area (Å²) in [5, 5.41) is 8.68. The normalized spacial score (nSPS) is 11.2. The van der Waals surface area contributed by atoms with E-state index in [1.54, 1.807) is 6.07 Å². The van der Waals surface area contributed by atoms with Crippen molar-refractivity contribution in [3.05, 3.63) is 29.3 Å². The van der Waals surface area contributed by atoms with E-state index in [1.165, 1.54) is 0 Å². The lowest BCUT2D eigenvalue weighted by Crippen LogP contribution is -2.14. The highest BCUT2D eigenvalue weighted by Gasteiger charge is 2.19. The molecule has 0 aliphatic heterocycles. The zero-order valence-electron chi connectivity index (χ0n) is 12.5. The Bertz CT molecular complexity index is 498. The van der Waals surface area contributed by atoms with E-state index < -0.39 is 5.97 Å². The van der Waals surface area contributed by atoms with E-state index in [0.717, 1.165) is 5.56 Å². The van der Waals surface area contributed by atoms with E-state index in [9.17, 15) is 9.59 Å². The van der Waals surface area contributed by atoms with Crippen molar-refractivity contribution in [1.82, 2.24) is 0 Å². The van der Waals surface area contributed by atoms with Crippen LogP contribution in [0.25, 0.3) is 0 Å². The Kier molecular flexibility index (Phi) is 5.31. The van der Waals surface area contributed by atoms with Gasteiger partial charge in [0.2, 0.25) is 0 Å². The van der Waals surface area contributed by atoms with Crippen molar-refractivity contribution >= 4 is 11.8 Å². The smallest absolute Gasteiger partial charge is 0.303 e. The van der Waals surface area contributed by atoms with E-state index in [4.69, 9.17) is 9.84 Å². The van der Waals surface area contributed by atoms with Crippen molar-refractivity contribution in [2.24, 2.45) is 0 Å². The number of aliphatic carboxylic acids is 1. The minimum Gasteiger partial charge on any atom is -0.493 e. The van der Waals surface area contributed by atoms with Crippen LogP contribution >= 0.6 is 0 Å². The molecule has 110 valence electrons. The Balaban J connectivity index is 3.11. The fourth-order valence-electron chi connectivity index (χ4n) is 1.85. The molecule has 0 fully saturated rings. The third-order valence-corrected chi connectivity index (χ3v) is 3.01. The predicted molar refractivity (Wildman–Crippen MR) is 77.5 cm³/mol. The summed E-state index contributed by atoms with van der Waals surface area (Å²) < 4.78 is 5.46. The summed E-state index contributed by atoms with van der Waals surface area (Å²) in [5.41, 5.74) is 1.42. The third kappa shape index (κ3) is 4.37. The van der Waals surface area contributed by atoms with Gasteiger partial charge in [0.25, 0.3) is 0 Å². The van der Waals surface area contributed by atoms with Gasteiger partial charge in [0.1, 0.15) is 5.75 Å². The molecule has 0 aromatic heterocycles. The maximum absolute atomic E-state index is 12.2. The predicted octanol–water partition coefficient (Wildman–Crippen LogP) is 3.43. The number of Topliss-reactive ketones (excluding diaryl/α,β-unsaturated/α-hetero) is 1. The number of hydrogen-bond donors (Lipinski definition) is 1. The topological polar surface area (TPSA) is 63.6 Å². The molecule has 4 heteroatoms. The largest absolute Gasteiger partial charge is 0.493 e. The van der Waals surface area contributed by atoms with Crippen LogP contribution in [0.15, 0.2) is 18.2 Å². The number of hydrogen-bond acceptors (Lipinski definition) is 3. The van der Waals surface area contributed by atoms with Gasteiger partial charge in [-0.2, -0.15) is 0 Å². The molecule has 0 aliphatic rings. The van der Waals surface area contributed by atoms with Gasteiger partial charge < -0.3 is 9.84 Å². The number of carbonyl (C=O) groups is 2. The molecular formula is C16H22O4. The molecule has 0 saturated carbocycles. The molecule has 4 nitrogen and oxygen atoms in total. The van der Waals surface area contributed by atoms with Gasteiger partial charge in [0, 0.05) is 6.42 Å². The summed E-state index contributed by atoms with van der Waals surface area (Å²) in [6.07, 6.45) is -0.173. The number of rotatable bonds is 6. The number of ether oxygens (including phenoxy) is 1. The minimum atomic E-state index is -0.969. The zero-order chi connectivity index (χ0) is 15.3. The second-order valence-electron chi connectivity index (χ2n) is 5.71. The lowest BCUT2D eigenvalue weighted by Gasteiger charge is -2.21. The summed E-state index contributed by atoms with van der Waals surface area (Å²) >= 11 is 0. The molecule has 0 spiro atoms. The second-order valence-corrected chi connectivity index (χ2v) is 5.71. The molecule has 0 saturated heterocycles. The lowest BCUT2D eigenvalue weighted by atomic mass is 9.85. The van der Waals surface area contributed by atoms with Crippen molar-refractivity contribution in [3.63, 3.8) is 0 Å². The first kappa shape index (κ1) is 16.2. The first-order chi connectivity index (χ1) is 9.25. The summed E-state index contributed by atoms with van der Waals surface area (Å²) in [6, 6.07) is 5.55. The van der Waals surface area contributed by atoms with Crippen molar-refractivity contribution in [3.8, 4) is 5.75 Å². The summed E-state index contributed by atoms with van der Waals surface area (Å²) in [6.45, 7) is 8.51. The highest BCUT2D eigenvalue weighted by atomic mass is 16.5. The van der Waals surface area contributed by atoms with Crippen molar-refractivity contribution in [2.45, 2.75) is 46.0 Å². The highest BCUT2D eigenvalue weighted by molar-refractivity contribution is 6.00. The fraction of sp³-hybridized carbons (Fsp3) is 0.500. The van der Waals surface area contributed by atoms with Gasteiger partial charge in [-0.05, 0) is 30.0 Å². The molecule has 1 rings (SSSR count). The van der Waals surface area contributed by atoms with Gasteiger partial charge in [-0.3, -0.25) is 9.59 Å². The molecule has 1 N–H and O–H groups in total. The molecule has 0 amide bonds. The van der Waals surface area contributed by atoms with Gasteiger partial charge in [-0.1, -0.05) is 26.8 Å². The van der Waals surface area contributed by atoms with E-state index >= 15 is 0 Å². The van der Waals surface area contributed by atoms with Crippen LogP contribution in [-0.4, -0.2) is 23.5 Å². The van der Waals surface area contributed by atoms with Crippen LogP contribution in [0.3, 0.4) is 0 Å². The molecule has 0 bridgehead atoms. The molecule has 0 aliphatic carbocycles. The van der Waals surface area contributed by atoms with E-state index in [1.807, 2.05) is 19.1 Å². The quantitative estimate of drug-likeness (QED) is 0.810. The average molecular weight is 278 g/mol. The van der Waals surface area contributed by atoms with E-state index in [-0.39, 0.29) is 24.0 Å². The van der Waals surface area contributed by atoms with E-state index in [0.29, 0.717) is 17.9 Å². The van der Waals surface area contributed by atoms with Gasteiger partial charge in [0.05, 0.1) is 18.6 Å². The van der Waals surface area contributed by atoms with Crippen LogP contribution in [-0.2, 0) is 10.2 Å². The van der Waals surface area contributed by atoms with Crippen LogP contribution in [0, 0.1) is 0 Å². The van der Waals surface area contributed by atoms with Gasteiger partial charge in [-0.25, -0.2) is 0 Å². The molecule has 1 aromatic rings. The van der Waals surface area contributed by atoms with Crippen molar-refractivity contribution < 1.29 is 19.4 Å². The average Bonchev–Trinajstić information content (AvgIpc) is 2.35. The Labute approximate surface area is 119 Å². The molecule has 1 aromatic carbocycles. The van der Waals surface area contributed by atoms with Crippen molar-refractivity contribution in [1.29, 1.82) is 0 Å². The molecule has 0 heterocycles. The molecule has 20 heavy (non-hydrogen) atoms. The van der Waals surface area contributed by atoms with Crippen LogP contribution in [0.5, 0.6) is 5.75 Å². The minimum absolute atomic E-state index is 0.0109. The third-order valence-electron chi connectivity index (χ3n) is 3.01. The molecule has 0 atom stereocenters. The number of carboxylic acids is 1. The molecular weight excluding hydrogens is 256 g/mol. The Morgan fingerprint density at radius 2 is 1.85 bits per heavy atom. The summed E-state index contributed by atoms with van der Waals surface area (Å²) in [5.74, 6) is -0.638. The highest BCUT2D eigenvalue weighted by Crippen LogP contribution is 2.29. The number of benzene rings is 1. The molecule has 0 radical (unpaired) electrons. The maximum atomic E-state index is 12.2. The van der Waals surface area contributed by atoms with Crippen LogP contribution < -0.4 is 4.74 Å². The summed E-state index contributed by atoms with van der Waals surface area (Å²) in [4.78, 5) is 22.8. The zero-order valence-corrected chi connectivity index (χ0v) is 12.5. The first-order valence-corrected chi connectivity index (χ1v) is 6.78. The van der Waals surface area contributed by atoms with Crippen molar-refractivity contribution in [2.75, 3.05) is 6.61 Å². The fourth-order valence-corrected chi connectivity index (χ4v) is 1.85. The lowest BCUT2D eigenvalue weighted by molar-refractivity contribution is -0.136. The number of carboxylic acid groups (broad SMARTS) is 1. The SMILES string of the molecule is CCOc1ccc(C(C)(C)C)cc1C(=O)CCC(=O)O. The number of carbonyl (C=O) groups excluding carboxylic acids is 1. The first-order valence-electron chi connectivity index (χ1n) is 6.78. The van der Waals surface area contributed by atoms with Gasteiger partial charge in [0.15, 0.2) is 5.78 Å². The standard InChI is InChI=1S/C16H22O4/c1-5-20-14-8-6-11(16(2,3)4)10-12(14)13(17)7-9-15(18)19/h6,8,10H,5,7,9H2,1-4H3,(H,18,19). The van der Waals surface area contributed by atoms with Crippen LogP contribution in [0.2, 0.25) is 0 Å². The maximum Gasteiger partial charge on any atom is 0.303 e. The van der Waals surface area contributed by atoms with E-state index in [2.05, 4.69) is 20.8 Å². The van der Waals surface area contributed by atoms with Crippen LogP contribution in [0.1, 0.15) is 56.5 Å². The van der Waals surface area contributed by atoms with Crippen LogP contribution in [0.4, 0.5) is 0 Å². The Morgan fingerprint density at radius 1 is 1.20 bits per heavy atom. The molecule has 0 unspecified atom stereocenters. The van der Waals surface area contributed by atoms with Gasteiger partial charge >= 0.3 is 5.97 Å². The Hall–Kier alpha value is -1.84. The second kappa shape index (κ2) is 6.55. The Morgan fingerprint density at radius 3 is 2.35 bits per heavy atom. The monoisotopic (exact) mass is 278 g/mol. The van der Waals surface area contributed by atoms with Gasteiger partial charge in [-0.15, -0.1) is 0 Å². The number of ketones is 1. The summed E-state index contributed by atoms with van der Waals surface area (Å²) in [7, 11) is 0.